The molecule has 3 N–H and O–H groups in total. The third-order valence-corrected chi connectivity index (χ3v) is 6.60. The van der Waals surface area contributed by atoms with Crippen molar-refractivity contribution in [2.45, 2.75) is 32.2 Å². The Labute approximate surface area is 201 Å². The van der Waals surface area contributed by atoms with Crippen molar-refractivity contribution in [3.05, 3.63) is 76.2 Å². The summed E-state index contributed by atoms with van der Waals surface area (Å²) in [7, 11) is 0. The number of benzene rings is 2. The number of carbonyl (C=O) groups is 1. The third-order valence-electron chi connectivity index (χ3n) is 6.30. The first-order valence-electron chi connectivity index (χ1n) is 11.1. The summed E-state index contributed by atoms with van der Waals surface area (Å²) in [4.78, 5) is 22.2. The number of phenols is 1. The largest absolute Gasteiger partial charge is 0.506 e. The monoisotopic (exact) mass is 480 g/mol. The zero-order chi connectivity index (χ0) is 23.8. The number of amides is 1. The molecule has 5 rings (SSSR count). The van der Waals surface area contributed by atoms with Crippen LogP contribution in [0.2, 0.25) is 5.02 Å². The predicted molar refractivity (Wildman–Crippen MR) is 129 cm³/mol. The summed E-state index contributed by atoms with van der Waals surface area (Å²) in [6.45, 7) is 3.41. The van der Waals surface area contributed by atoms with E-state index in [1.54, 1.807) is 21.6 Å². The fourth-order valence-corrected chi connectivity index (χ4v) is 4.95. The Balaban J connectivity index is 1.53. The van der Waals surface area contributed by atoms with Crippen molar-refractivity contribution in [1.82, 2.24) is 19.8 Å². The van der Waals surface area contributed by atoms with E-state index in [0.29, 0.717) is 30.4 Å². The number of rotatable bonds is 6. The van der Waals surface area contributed by atoms with Gasteiger partial charge in [-0.1, -0.05) is 53.2 Å². The number of carbonyl (C=O) groups excluding carboxylic acids is 1. The lowest BCUT2D eigenvalue weighted by molar-refractivity contribution is 0.0639. The number of nitrogens with one attached hydrogen (secondary N) is 1. The molecule has 9 nitrogen and oxygen atoms in total. The van der Waals surface area contributed by atoms with E-state index in [9.17, 15) is 15.1 Å². The molecular weight excluding hydrogens is 456 g/mol. The van der Waals surface area contributed by atoms with E-state index in [1.807, 2.05) is 25.1 Å². The number of imidazole rings is 1. The Bertz CT molecular complexity index is 1250. The van der Waals surface area contributed by atoms with Gasteiger partial charge in [0.25, 0.3) is 5.91 Å². The summed E-state index contributed by atoms with van der Waals surface area (Å²) in [5, 5.41) is 26.0. The van der Waals surface area contributed by atoms with Crippen molar-refractivity contribution in [3.8, 4) is 5.75 Å². The van der Waals surface area contributed by atoms with Crippen molar-refractivity contribution in [2.24, 2.45) is 5.16 Å². The molecule has 1 amide bonds. The van der Waals surface area contributed by atoms with Crippen molar-refractivity contribution < 1.29 is 15.1 Å². The van der Waals surface area contributed by atoms with Crippen LogP contribution in [-0.2, 0) is 13.0 Å². The smallest absolute Gasteiger partial charge is 0.277 e. The number of halogens is 1. The maximum Gasteiger partial charge on any atom is 0.277 e. The number of aromatic hydroxyl groups is 1. The fourth-order valence-electron chi connectivity index (χ4n) is 4.75. The summed E-state index contributed by atoms with van der Waals surface area (Å²) < 4.78 is 1.73. The number of hydrogen-bond donors (Lipinski definition) is 3. The highest BCUT2D eigenvalue weighted by Gasteiger charge is 2.46. The highest BCUT2D eigenvalue weighted by molar-refractivity contribution is 6.32. The summed E-state index contributed by atoms with van der Waals surface area (Å²) >= 11 is 6.10. The average Bonchev–Trinajstić information content (AvgIpc) is 3.39. The highest BCUT2D eigenvalue weighted by Crippen LogP contribution is 2.34. The second-order valence-corrected chi connectivity index (χ2v) is 8.84. The molecule has 1 saturated heterocycles. The number of anilines is 1. The van der Waals surface area contributed by atoms with Gasteiger partial charge in [-0.3, -0.25) is 10.1 Å². The van der Waals surface area contributed by atoms with E-state index in [4.69, 9.17) is 11.6 Å². The number of aromatic nitrogens is 2. The Morgan fingerprint density at radius 1 is 1.24 bits per heavy atom. The van der Waals surface area contributed by atoms with E-state index in [2.05, 4.69) is 32.5 Å². The molecule has 0 saturated carbocycles. The molecule has 2 aromatic carbocycles. The minimum atomic E-state index is -0.302. The van der Waals surface area contributed by atoms with Crippen LogP contribution < -0.4 is 10.2 Å². The van der Waals surface area contributed by atoms with Crippen molar-refractivity contribution in [3.63, 3.8) is 0 Å². The maximum absolute atomic E-state index is 13.6. The van der Waals surface area contributed by atoms with Gasteiger partial charge in [0.05, 0.1) is 11.6 Å². The van der Waals surface area contributed by atoms with Crippen molar-refractivity contribution in [2.75, 3.05) is 18.0 Å². The molecule has 34 heavy (non-hydrogen) atoms. The Morgan fingerprint density at radius 3 is 2.74 bits per heavy atom. The van der Waals surface area contributed by atoms with E-state index in [1.165, 1.54) is 17.8 Å². The maximum atomic E-state index is 13.6. The summed E-state index contributed by atoms with van der Waals surface area (Å²) in [5.74, 6) is 0.747. The van der Waals surface area contributed by atoms with Crippen molar-refractivity contribution >= 4 is 29.5 Å². The van der Waals surface area contributed by atoms with Gasteiger partial charge in [0.1, 0.15) is 12.0 Å². The summed E-state index contributed by atoms with van der Waals surface area (Å²) in [6, 6.07) is 15.3. The molecule has 176 valence electrons. The van der Waals surface area contributed by atoms with Crippen LogP contribution >= 0.6 is 11.6 Å². The van der Waals surface area contributed by atoms with Crippen LogP contribution in [-0.4, -0.2) is 62.3 Å². The van der Waals surface area contributed by atoms with Crippen LogP contribution in [0, 0.1) is 0 Å². The second kappa shape index (κ2) is 9.00. The lowest BCUT2D eigenvalue weighted by atomic mass is 10.1. The minimum Gasteiger partial charge on any atom is -0.506 e. The average molecular weight is 481 g/mol. The Morgan fingerprint density at radius 2 is 2.03 bits per heavy atom. The van der Waals surface area contributed by atoms with Crippen LogP contribution in [0.15, 0.2) is 53.7 Å². The van der Waals surface area contributed by atoms with Crippen molar-refractivity contribution in [1.29, 1.82) is 0 Å². The number of phenolic OH excluding ortho intramolecular Hbond substituents is 1. The summed E-state index contributed by atoms with van der Waals surface area (Å²) in [6.07, 6.45) is 1.75. The van der Waals surface area contributed by atoms with Gasteiger partial charge in [-0.2, -0.15) is 0 Å². The molecular formula is C24H25ClN6O3. The molecule has 2 aliphatic rings. The Hall–Kier alpha value is -3.56. The van der Waals surface area contributed by atoms with Gasteiger partial charge in [0.2, 0.25) is 0 Å². The number of fused-ring (bicyclic) bond motifs is 3. The summed E-state index contributed by atoms with van der Waals surface area (Å²) in [5.41, 5.74) is 2.42. The Kier molecular flexibility index (Phi) is 5.89. The van der Waals surface area contributed by atoms with Crippen LogP contribution in [0.1, 0.15) is 34.4 Å². The van der Waals surface area contributed by atoms with Gasteiger partial charge < -0.3 is 24.7 Å². The number of oxime groups is 1. The first kappa shape index (κ1) is 22.2. The normalized spacial score (nSPS) is 19.6. The zero-order valence-electron chi connectivity index (χ0n) is 18.6. The molecule has 0 aliphatic carbocycles. The number of nitrogens with zero attached hydrogens (tertiary/aromatic N) is 5. The van der Waals surface area contributed by atoms with Crippen LogP contribution in [0.25, 0.3) is 0 Å². The highest BCUT2D eigenvalue weighted by atomic mass is 35.5. The first-order chi connectivity index (χ1) is 16.5. The molecule has 3 heterocycles. The molecule has 0 radical (unpaired) electrons. The third kappa shape index (κ3) is 3.86. The first-order valence-corrected chi connectivity index (χ1v) is 11.5. The molecule has 0 spiro atoms. The standard InChI is InChI=1S/C24H25ClN6O3/c1-2-29-23(33)21-22(31-14-17(27-24(29)31)10-15-6-4-3-5-7-15)28-20(12-26-34)30(21)13-16-8-9-19(32)18(25)11-16/h3-9,11-12,17,24,27,32,34H,2,10,13-14H2,1H3/b26-12+/t17-,24?/m1/s1. The molecule has 3 aromatic rings. The quantitative estimate of drug-likeness (QED) is 0.284. The van der Waals surface area contributed by atoms with Gasteiger partial charge in [-0.05, 0) is 36.6 Å². The molecule has 0 bridgehead atoms. The van der Waals surface area contributed by atoms with Crippen LogP contribution in [0.3, 0.4) is 0 Å². The van der Waals surface area contributed by atoms with Gasteiger partial charge in [0, 0.05) is 19.1 Å². The molecule has 1 unspecified atom stereocenters. The predicted octanol–water partition coefficient (Wildman–Crippen LogP) is 2.88. The van der Waals surface area contributed by atoms with Gasteiger partial charge in [-0.25, -0.2) is 4.98 Å². The molecule has 10 heteroatoms. The van der Waals surface area contributed by atoms with E-state index >= 15 is 0 Å². The van der Waals surface area contributed by atoms with E-state index in [-0.39, 0.29) is 35.6 Å². The van der Waals surface area contributed by atoms with Gasteiger partial charge in [0.15, 0.2) is 23.6 Å². The SMILES string of the molecule is CCN1C(=O)c2c(nc(/C=N/O)n2Cc2ccc(O)c(Cl)c2)N2C[C@@H](Cc3ccccc3)NC12. The van der Waals surface area contributed by atoms with Gasteiger partial charge in [-0.15, -0.1) is 0 Å². The fraction of sp³-hybridized carbons (Fsp3) is 0.292. The lowest BCUT2D eigenvalue weighted by Gasteiger charge is -2.38. The van der Waals surface area contributed by atoms with E-state index in [0.717, 1.165) is 12.0 Å². The van der Waals surface area contributed by atoms with Gasteiger partial charge >= 0.3 is 0 Å². The topological polar surface area (TPSA) is 106 Å². The van der Waals surface area contributed by atoms with Crippen LogP contribution in [0.5, 0.6) is 5.75 Å². The molecule has 1 aromatic heterocycles. The molecule has 1 fully saturated rings. The molecule has 2 atom stereocenters. The van der Waals surface area contributed by atoms with E-state index < -0.39 is 0 Å². The molecule has 2 aliphatic heterocycles. The second-order valence-electron chi connectivity index (χ2n) is 8.43. The lowest BCUT2D eigenvalue weighted by Crippen LogP contribution is -2.57. The van der Waals surface area contributed by atoms with Crippen LogP contribution in [0.4, 0.5) is 5.82 Å². The minimum absolute atomic E-state index is 0.0149. The number of hydrogen-bond acceptors (Lipinski definition) is 7. The zero-order valence-corrected chi connectivity index (χ0v) is 19.4.